The highest BCUT2D eigenvalue weighted by Gasteiger charge is 2.56. The van der Waals surface area contributed by atoms with E-state index in [4.69, 9.17) is 9.47 Å². The van der Waals surface area contributed by atoms with E-state index < -0.39 is 0 Å². The summed E-state index contributed by atoms with van der Waals surface area (Å²) in [5, 5.41) is 13.8. The third-order valence-electron chi connectivity index (χ3n) is 11.8. The largest absolute Gasteiger partial charge is 0.497 e. The van der Waals surface area contributed by atoms with Crippen molar-refractivity contribution in [2.45, 2.75) is 97.1 Å². The van der Waals surface area contributed by atoms with Gasteiger partial charge < -0.3 is 14.0 Å². The van der Waals surface area contributed by atoms with Crippen LogP contribution in [0, 0.1) is 16.7 Å². The Morgan fingerprint density at radius 2 is 1.76 bits per heavy atom. The number of amides is 1. The van der Waals surface area contributed by atoms with Crippen LogP contribution in [0.1, 0.15) is 106 Å². The van der Waals surface area contributed by atoms with E-state index in [0.717, 1.165) is 64.9 Å². The van der Waals surface area contributed by atoms with E-state index in [1.165, 1.54) is 38.4 Å². The first-order valence-electron chi connectivity index (χ1n) is 16.7. The van der Waals surface area contributed by atoms with Crippen LogP contribution in [0.3, 0.4) is 0 Å². The molecule has 3 saturated carbocycles. The molecule has 2 unspecified atom stereocenters. The Balaban J connectivity index is 1.38. The summed E-state index contributed by atoms with van der Waals surface area (Å²) >= 11 is 0. The molecule has 1 amide bonds. The fourth-order valence-corrected chi connectivity index (χ4v) is 9.62. The molecule has 238 valence electrons. The van der Waals surface area contributed by atoms with Crippen molar-refractivity contribution in [1.29, 1.82) is 0 Å². The number of carbonyl (C=O) groups is 2. The Labute approximate surface area is 266 Å². The highest BCUT2D eigenvalue weighted by atomic mass is 16.5. The average molecular weight is 611 g/mol. The Morgan fingerprint density at radius 3 is 2.42 bits per heavy atom. The maximum atomic E-state index is 14.4. The molecule has 0 spiro atoms. The average Bonchev–Trinajstić information content (AvgIpc) is 3.24. The van der Waals surface area contributed by atoms with Crippen molar-refractivity contribution in [1.82, 2.24) is 9.63 Å². The van der Waals surface area contributed by atoms with Crippen LogP contribution in [0.4, 0.5) is 0 Å². The van der Waals surface area contributed by atoms with Crippen molar-refractivity contribution < 1.29 is 24.3 Å². The molecule has 3 aliphatic carbocycles. The van der Waals surface area contributed by atoms with Gasteiger partial charge in [0.25, 0.3) is 5.91 Å². The second-order valence-electron chi connectivity index (χ2n) is 15.0. The molecule has 0 bridgehead atoms. The van der Waals surface area contributed by atoms with Gasteiger partial charge in [0.05, 0.1) is 38.1 Å². The van der Waals surface area contributed by atoms with Gasteiger partial charge in [0.2, 0.25) is 0 Å². The second-order valence-corrected chi connectivity index (χ2v) is 15.0. The summed E-state index contributed by atoms with van der Waals surface area (Å²) in [5.74, 6) is 0.971. The zero-order valence-corrected chi connectivity index (χ0v) is 27.3. The van der Waals surface area contributed by atoms with Crippen LogP contribution in [0.15, 0.2) is 42.0 Å². The summed E-state index contributed by atoms with van der Waals surface area (Å²) in [6.07, 6.45) is 11.7. The molecule has 1 aliphatic heterocycles. The molecule has 7 rings (SSSR count). The van der Waals surface area contributed by atoms with Crippen LogP contribution in [-0.4, -0.2) is 47.0 Å². The summed E-state index contributed by atoms with van der Waals surface area (Å²) in [5.41, 5.74) is 6.40. The maximum Gasteiger partial charge on any atom is 0.337 e. The normalized spacial score (nSPS) is 25.6. The van der Waals surface area contributed by atoms with Crippen LogP contribution in [0.2, 0.25) is 0 Å². The lowest BCUT2D eigenvalue weighted by atomic mass is 9.46. The molecule has 45 heavy (non-hydrogen) atoms. The molecule has 2 aromatic carbocycles. The number of fused-ring (bicyclic) bond motifs is 6. The molecule has 7 heteroatoms. The Kier molecular flexibility index (Phi) is 7.38. The molecule has 4 aliphatic rings. The zero-order valence-electron chi connectivity index (χ0n) is 27.3. The standard InChI is InChI=1S/C38H46N2O5/c1-37(2)20-27(21-38(3)16-15-32(37)38)40(43)35(41)26-17-25-18-28(44-4)12-14-29(25)34-33(23-9-7-6-8-10-23)30-13-11-24(36(42)45-5)19-31(30)39(34)22-26/h11-14,17-19,23,27,32,43H,6-10,15-16,20-22H2,1-5H3/t27-,32?,38?/m1/s1. The van der Waals surface area contributed by atoms with E-state index in [-0.39, 0.29) is 35.3 Å². The third-order valence-corrected chi connectivity index (χ3v) is 11.8. The van der Waals surface area contributed by atoms with Crippen LogP contribution in [-0.2, 0) is 16.1 Å². The van der Waals surface area contributed by atoms with Crippen molar-refractivity contribution >= 4 is 28.9 Å². The van der Waals surface area contributed by atoms with Crippen molar-refractivity contribution in [3.8, 4) is 17.0 Å². The van der Waals surface area contributed by atoms with Gasteiger partial charge in [0, 0.05) is 22.0 Å². The van der Waals surface area contributed by atoms with Gasteiger partial charge in [0.15, 0.2) is 0 Å². The third kappa shape index (κ3) is 4.89. The number of hydrogen-bond donors (Lipinski definition) is 1. The number of aromatic nitrogens is 1. The molecular formula is C38H46N2O5. The fourth-order valence-electron chi connectivity index (χ4n) is 9.62. The SMILES string of the molecule is COC(=O)c1ccc2c(C3CCCCC3)c3n(c2c1)CC(C(=O)N(O)[C@@H]1CC(C)(C)C2CCC2(C)C1)=Cc1cc(OC)ccc1-3. The van der Waals surface area contributed by atoms with E-state index in [9.17, 15) is 14.8 Å². The topological polar surface area (TPSA) is 81.0 Å². The van der Waals surface area contributed by atoms with Gasteiger partial charge in [0.1, 0.15) is 5.75 Å². The molecule has 0 radical (unpaired) electrons. The van der Waals surface area contributed by atoms with E-state index in [0.29, 0.717) is 28.7 Å². The van der Waals surface area contributed by atoms with Crippen molar-refractivity contribution in [3.63, 3.8) is 0 Å². The smallest absolute Gasteiger partial charge is 0.337 e. The first-order valence-corrected chi connectivity index (χ1v) is 16.7. The van der Waals surface area contributed by atoms with Gasteiger partial charge in [-0.15, -0.1) is 0 Å². The minimum atomic E-state index is -0.387. The van der Waals surface area contributed by atoms with Gasteiger partial charge >= 0.3 is 5.97 Å². The Hall–Kier alpha value is -3.58. The van der Waals surface area contributed by atoms with Gasteiger partial charge in [-0.25, -0.2) is 9.86 Å². The fraction of sp³-hybridized carbons (Fsp3) is 0.526. The van der Waals surface area contributed by atoms with Crippen molar-refractivity contribution in [2.24, 2.45) is 16.7 Å². The molecule has 3 atom stereocenters. The first kappa shape index (κ1) is 30.1. The Bertz CT molecular complexity index is 1700. The van der Waals surface area contributed by atoms with E-state index >= 15 is 0 Å². The van der Waals surface area contributed by atoms with Gasteiger partial charge in [-0.3, -0.25) is 10.0 Å². The van der Waals surface area contributed by atoms with Crippen LogP contribution in [0.5, 0.6) is 5.75 Å². The zero-order chi connectivity index (χ0) is 31.7. The van der Waals surface area contributed by atoms with E-state index in [1.54, 1.807) is 7.11 Å². The summed E-state index contributed by atoms with van der Waals surface area (Å²) in [6, 6.07) is 11.6. The molecule has 1 N–H and O–H groups in total. The predicted octanol–water partition coefficient (Wildman–Crippen LogP) is 8.37. The van der Waals surface area contributed by atoms with Gasteiger partial charge in [-0.05, 0) is 109 Å². The number of nitrogens with zero attached hydrogens (tertiary/aromatic N) is 2. The molecule has 7 nitrogen and oxygen atoms in total. The number of methoxy groups -OCH3 is 2. The number of carbonyl (C=O) groups excluding carboxylic acids is 2. The molecule has 0 saturated heterocycles. The molecule has 3 fully saturated rings. The molecule has 1 aromatic heterocycles. The second kappa shape index (κ2) is 11.0. The molecule has 2 heterocycles. The maximum absolute atomic E-state index is 14.4. The lowest BCUT2D eigenvalue weighted by Crippen LogP contribution is -2.57. The predicted molar refractivity (Wildman–Crippen MR) is 175 cm³/mol. The van der Waals surface area contributed by atoms with Crippen LogP contribution in [0.25, 0.3) is 28.2 Å². The minimum absolute atomic E-state index is 0.0535. The lowest BCUT2D eigenvalue weighted by molar-refractivity contribution is -0.199. The number of benzene rings is 2. The molecule has 3 aromatic rings. The van der Waals surface area contributed by atoms with E-state index in [1.807, 2.05) is 30.3 Å². The summed E-state index contributed by atoms with van der Waals surface area (Å²) in [4.78, 5) is 27.1. The van der Waals surface area contributed by atoms with E-state index in [2.05, 4.69) is 37.5 Å². The lowest BCUT2D eigenvalue weighted by Gasteiger charge is -2.61. The van der Waals surface area contributed by atoms with Crippen LogP contribution >= 0.6 is 0 Å². The van der Waals surface area contributed by atoms with Crippen LogP contribution < -0.4 is 4.74 Å². The number of hydrogen-bond acceptors (Lipinski definition) is 5. The summed E-state index contributed by atoms with van der Waals surface area (Å²) < 4.78 is 12.9. The van der Waals surface area contributed by atoms with Gasteiger partial charge in [-0.2, -0.15) is 0 Å². The quantitative estimate of drug-likeness (QED) is 0.178. The molecular weight excluding hydrogens is 564 g/mol. The number of hydroxylamine groups is 2. The minimum Gasteiger partial charge on any atom is -0.497 e. The first-order chi connectivity index (χ1) is 21.5. The van der Waals surface area contributed by atoms with Crippen molar-refractivity contribution in [2.75, 3.05) is 14.2 Å². The van der Waals surface area contributed by atoms with Crippen molar-refractivity contribution in [3.05, 3.63) is 58.7 Å². The number of esters is 1. The summed E-state index contributed by atoms with van der Waals surface area (Å²) in [7, 11) is 3.05. The summed E-state index contributed by atoms with van der Waals surface area (Å²) in [6.45, 7) is 7.19. The highest BCUT2D eigenvalue weighted by molar-refractivity contribution is 6.03. The number of rotatable bonds is 5. The van der Waals surface area contributed by atoms with Gasteiger partial charge in [-0.1, -0.05) is 46.1 Å². The monoisotopic (exact) mass is 610 g/mol. The highest BCUT2D eigenvalue weighted by Crippen LogP contribution is 2.62. The Morgan fingerprint density at radius 1 is 0.978 bits per heavy atom. The number of ether oxygens (including phenoxy) is 2.